The van der Waals surface area contributed by atoms with E-state index in [9.17, 15) is 0 Å². The van der Waals surface area contributed by atoms with Crippen molar-refractivity contribution in [1.29, 1.82) is 0 Å². The Hall–Kier alpha value is -3.35. The van der Waals surface area contributed by atoms with Crippen molar-refractivity contribution in [3.8, 4) is 11.6 Å². The molecule has 114 valence electrons. The summed E-state index contributed by atoms with van der Waals surface area (Å²) in [6, 6.07) is 11.3. The minimum atomic E-state index is 0.179. The fraction of sp³-hybridized carbons (Fsp3) is 0.0625. The number of furan rings is 1. The van der Waals surface area contributed by atoms with Gasteiger partial charge in [-0.25, -0.2) is 0 Å². The summed E-state index contributed by atoms with van der Waals surface area (Å²) in [6.45, 7) is 0. The number of nitrogen functional groups attached to an aromatic ring is 2. The van der Waals surface area contributed by atoms with Crippen LogP contribution in [0.2, 0.25) is 0 Å². The third-order valence-electron chi connectivity index (χ3n) is 3.55. The van der Waals surface area contributed by atoms with Gasteiger partial charge >= 0.3 is 0 Å². The van der Waals surface area contributed by atoms with Crippen LogP contribution in [0.15, 0.2) is 53.3 Å². The molecule has 4 rings (SSSR count). The van der Waals surface area contributed by atoms with Gasteiger partial charge in [-0.15, -0.1) is 0 Å². The zero-order valence-electron chi connectivity index (χ0n) is 12.2. The first-order chi connectivity index (χ1) is 11.2. The third kappa shape index (κ3) is 2.38. The number of benzene rings is 1. The molecule has 0 bridgehead atoms. The molecule has 7 heteroatoms. The Morgan fingerprint density at radius 1 is 1.09 bits per heavy atom. The monoisotopic (exact) mass is 306 g/mol. The van der Waals surface area contributed by atoms with Gasteiger partial charge < -0.3 is 15.9 Å². The van der Waals surface area contributed by atoms with Crippen molar-refractivity contribution < 1.29 is 4.42 Å². The summed E-state index contributed by atoms with van der Waals surface area (Å²) in [7, 11) is 0. The summed E-state index contributed by atoms with van der Waals surface area (Å²) < 4.78 is 7.04. The first-order valence-corrected chi connectivity index (χ1v) is 7.09. The van der Waals surface area contributed by atoms with E-state index < -0.39 is 0 Å². The molecular formula is C16H14N6O. The lowest BCUT2D eigenvalue weighted by Gasteiger charge is -2.04. The molecule has 0 saturated carbocycles. The quantitative estimate of drug-likeness (QED) is 0.561. The van der Waals surface area contributed by atoms with Crippen LogP contribution in [0.5, 0.6) is 0 Å². The maximum Gasteiger partial charge on any atom is 0.224 e. The van der Waals surface area contributed by atoms with Crippen molar-refractivity contribution in [2.75, 3.05) is 11.5 Å². The van der Waals surface area contributed by atoms with Crippen molar-refractivity contribution in [3.05, 3.63) is 60.0 Å². The second-order valence-corrected chi connectivity index (χ2v) is 5.21. The Bertz CT molecular complexity index is 974. The van der Waals surface area contributed by atoms with E-state index in [-0.39, 0.29) is 5.95 Å². The van der Waals surface area contributed by atoms with Crippen LogP contribution in [0, 0.1) is 0 Å². The zero-order valence-corrected chi connectivity index (χ0v) is 12.2. The lowest BCUT2D eigenvalue weighted by atomic mass is 10.1. The maximum absolute atomic E-state index is 5.85. The SMILES string of the molecule is Nc1cccc(Cc2cnn3c(-c4ccco4)nc(N)nc23)c1. The van der Waals surface area contributed by atoms with Crippen LogP contribution in [0.4, 0.5) is 11.6 Å². The van der Waals surface area contributed by atoms with E-state index in [2.05, 4.69) is 15.1 Å². The summed E-state index contributed by atoms with van der Waals surface area (Å²) in [5.74, 6) is 1.29. The fourth-order valence-corrected chi connectivity index (χ4v) is 2.55. The van der Waals surface area contributed by atoms with E-state index in [0.717, 1.165) is 16.8 Å². The minimum absolute atomic E-state index is 0.179. The van der Waals surface area contributed by atoms with Gasteiger partial charge in [-0.05, 0) is 29.8 Å². The Morgan fingerprint density at radius 3 is 2.78 bits per heavy atom. The molecule has 0 aliphatic carbocycles. The van der Waals surface area contributed by atoms with Gasteiger partial charge in [-0.1, -0.05) is 12.1 Å². The molecule has 4 aromatic rings. The second-order valence-electron chi connectivity index (χ2n) is 5.21. The highest BCUT2D eigenvalue weighted by Crippen LogP contribution is 2.22. The molecule has 7 nitrogen and oxygen atoms in total. The molecule has 3 heterocycles. The highest BCUT2D eigenvalue weighted by atomic mass is 16.3. The van der Waals surface area contributed by atoms with Gasteiger partial charge in [0.1, 0.15) is 0 Å². The van der Waals surface area contributed by atoms with Gasteiger partial charge in [-0.3, -0.25) is 0 Å². The Morgan fingerprint density at radius 2 is 2.00 bits per heavy atom. The molecular weight excluding hydrogens is 292 g/mol. The van der Waals surface area contributed by atoms with Crippen LogP contribution in [0.1, 0.15) is 11.1 Å². The average molecular weight is 306 g/mol. The van der Waals surface area contributed by atoms with Gasteiger partial charge in [0.15, 0.2) is 11.4 Å². The molecule has 0 saturated heterocycles. The van der Waals surface area contributed by atoms with Gasteiger partial charge in [0, 0.05) is 17.7 Å². The molecule has 0 aliphatic heterocycles. The van der Waals surface area contributed by atoms with Crippen LogP contribution in [0.3, 0.4) is 0 Å². The predicted molar refractivity (Wildman–Crippen MR) is 86.6 cm³/mol. The smallest absolute Gasteiger partial charge is 0.224 e. The maximum atomic E-state index is 5.85. The number of fused-ring (bicyclic) bond motifs is 1. The zero-order chi connectivity index (χ0) is 15.8. The normalized spacial score (nSPS) is 11.1. The van der Waals surface area contributed by atoms with E-state index in [4.69, 9.17) is 15.9 Å². The van der Waals surface area contributed by atoms with Gasteiger partial charge in [0.2, 0.25) is 11.8 Å². The Balaban J connectivity index is 1.83. The number of aromatic nitrogens is 4. The van der Waals surface area contributed by atoms with E-state index in [1.807, 2.05) is 24.3 Å². The highest BCUT2D eigenvalue weighted by molar-refractivity contribution is 5.59. The van der Waals surface area contributed by atoms with E-state index in [1.165, 1.54) is 0 Å². The molecule has 0 fully saturated rings. The van der Waals surface area contributed by atoms with Crippen molar-refractivity contribution in [2.45, 2.75) is 6.42 Å². The molecule has 0 radical (unpaired) electrons. The van der Waals surface area contributed by atoms with Crippen LogP contribution >= 0.6 is 0 Å². The van der Waals surface area contributed by atoms with Crippen LogP contribution in [-0.2, 0) is 6.42 Å². The van der Waals surface area contributed by atoms with Gasteiger partial charge in [-0.2, -0.15) is 19.6 Å². The Kier molecular flexibility index (Phi) is 2.97. The molecule has 23 heavy (non-hydrogen) atoms. The highest BCUT2D eigenvalue weighted by Gasteiger charge is 2.15. The summed E-state index contributed by atoms with van der Waals surface area (Å²) in [4.78, 5) is 8.55. The molecule has 0 aliphatic rings. The topological polar surface area (TPSA) is 108 Å². The fourth-order valence-electron chi connectivity index (χ4n) is 2.55. The molecule has 0 spiro atoms. The largest absolute Gasteiger partial charge is 0.461 e. The summed E-state index contributed by atoms with van der Waals surface area (Å²) in [6.07, 6.45) is 4.00. The van der Waals surface area contributed by atoms with E-state index in [1.54, 1.807) is 29.1 Å². The van der Waals surface area contributed by atoms with Gasteiger partial charge in [0.05, 0.1) is 12.5 Å². The molecule has 0 amide bonds. The molecule has 4 N–H and O–H groups in total. The standard InChI is InChI=1S/C16H14N6O/c17-12-4-1-3-10(8-12)7-11-9-19-22-14(11)20-16(18)21-15(22)13-5-2-6-23-13/h1-6,8-9H,7,17H2,(H2,18,20). The van der Waals surface area contributed by atoms with Crippen molar-refractivity contribution in [1.82, 2.24) is 19.6 Å². The van der Waals surface area contributed by atoms with Crippen LogP contribution < -0.4 is 11.5 Å². The molecule has 0 atom stereocenters. The first-order valence-electron chi connectivity index (χ1n) is 7.09. The molecule has 1 aromatic carbocycles. The second kappa shape index (κ2) is 5.13. The van der Waals surface area contributed by atoms with Crippen LogP contribution in [-0.4, -0.2) is 19.6 Å². The summed E-state index contributed by atoms with van der Waals surface area (Å²) in [5.41, 5.74) is 15.1. The number of hydrogen-bond donors (Lipinski definition) is 2. The molecule has 0 unspecified atom stereocenters. The average Bonchev–Trinajstić information content (AvgIpc) is 3.17. The van der Waals surface area contributed by atoms with Crippen LogP contribution in [0.25, 0.3) is 17.2 Å². The minimum Gasteiger partial charge on any atom is -0.461 e. The summed E-state index contributed by atoms with van der Waals surface area (Å²) in [5, 5.41) is 4.38. The summed E-state index contributed by atoms with van der Waals surface area (Å²) >= 11 is 0. The molecule has 3 aromatic heterocycles. The number of anilines is 2. The lowest BCUT2D eigenvalue weighted by Crippen LogP contribution is -2.05. The predicted octanol–water partition coefficient (Wildman–Crippen LogP) is 2.14. The van der Waals surface area contributed by atoms with Crippen molar-refractivity contribution >= 4 is 17.3 Å². The van der Waals surface area contributed by atoms with E-state index in [0.29, 0.717) is 23.7 Å². The first kappa shape index (κ1) is 13.3. The number of nitrogens with zero attached hydrogens (tertiary/aromatic N) is 4. The van der Waals surface area contributed by atoms with Gasteiger partial charge in [0.25, 0.3) is 0 Å². The number of hydrogen-bond acceptors (Lipinski definition) is 6. The van der Waals surface area contributed by atoms with Crippen molar-refractivity contribution in [2.24, 2.45) is 0 Å². The number of rotatable bonds is 3. The Labute approximate surface area is 131 Å². The van der Waals surface area contributed by atoms with Crippen molar-refractivity contribution in [3.63, 3.8) is 0 Å². The third-order valence-corrected chi connectivity index (χ3v) is 3.55. The lowest BCUT2D eigenvalue weighted by molar-refractivity contribution is 0.573. The number of nitrogens with two attached hydrogens (primary N) is 2. The van der Waals surface area contributed by atoms with E-state index >= 15 is 0 Å².